The zero-order valence-corrected chi connectivity index (χ0v) is 18.0. The average molecular weight is 417 g/mol. The molecule has 1 saturated carbocycles. The molecule has 0 radical (unpaired) electrons. The zero-order valence-electron chi connectivity index (χ0n) is 17.2. The van der Waals surface area contributed by atoms with E-state index < -0.39 is 0 Å². The van der Waals surface area contributed by atoms with Crippen LogP contribution in [0.25, 0.3) is 0 Å². The van der Waals surface area contributed by atoms with Crippen LogP contribution in [0.15, 0.2) is 28.4 Å². The van der Waals surface area contributed by atoms with Gasteiger partial charge in [-0.3, -0.25) is 14.2 Å². The van der Waals surface area contributed by atoms with Crippen LogP contribution in [0.4, 0.5) is 0 Å². The van der Waals surface area contributed by atoms with Gasteiger partial charge in [0.05, 0.1) is 0 Å². The van der Waals surface area contributed by atoms with Gasteiger partial charge >= 0.3 is 4.87 Å². The van der Waals surface area contributed by atoms with Crippen LogP contribution >= 0.6 is 11.3 Å². The predicted molar refractivity (Wildman–Crippen MR) is 112 cm³/mol. The molecule has 156 valence electrons. The highest BCUT2D eigenvalue weighted by molar-refractivity contribution is 7.07. The molecule has 7 heteroatoms. The van der Waals surface area contributed by atoms with Gasteiger partial charge in [0, 0.05) is 23.7 Å². The molecular weight excluding hydrogens is 388 g/mol. The first-order valence-electron chi connectivity index (χ1n) is 10.3. The van der Waals surface area contributed by atoms with Crippen LogP contribution in [-0.4, -0.2) is 28.2 Å². The topological polar surface area (TPSA) is 60.8 Å². The highest BCUT2D eigenvalue weighted by Crippen LogP contribution is 2.36. The second-order valence-corrected chi connectivity index (χ2v) is 9.09. The molecule has 6 nitrogen and oxygen atoms in total. The van der Waals surface area contributed by atoms with E-state index in [4.69, 9.17) is 9.47 Å². The minimum Gasteiger partial charge on any atom is -0.454 e. The summed E-state index contributed by atoms with van der Waals surface area (Å²) in [6, 6.07) is 6.03. The maximum atomic E-state index is 13.4. The van der Waals surface area contributed by atoms with Crippen LogP contribution in [0, 0.1) is 18.8 Å². The fraction of sp³-hybridized carbons (Fsp3) is 0.545. The van der Waals surface area contributed by atoms with Crippen molar-refractivity contribution in [2.24, 2.45) is 11.8 Å². The molecule has 2 aromatic rings. The molecule has 3 atom stereocenters. The third kappa shape index (κ3) is 4.06. The fourth-order valence-corrected chi connectivity index (χ4v) is 5.18. The van der Waals surface area contributed by atoms with E-state index in [0.29, 0.717) is 18.4 Å². The van der Waals surface area contributed by atoms with Crippen LogP contribution in [-0.2, 0) is 17.9 Å². The van der Waals surface area contributed by atoms with E-state index in [9.17, 15) is 9.59 Å². The Hall–Kier alpha value is -2.28. The number of thiazole rings is 1. The van der Waals surface area contributed by atoms with Crippen molar-refractivity contribution in [3.8, 4) is 11.5 Å². The van der Waals surface area contributed by atoms with Crippen molar-refractivity contribution >= 4 is 17.2 Å². The largest absolute Gasteiger partial charge is 0.454 e. The summed E-state index contributed by atoms with van der Waals surface area (Å²) in [5, 5.41) is 1.81. The average Bonchev–Trinajstić information content (AvgIpc) is 3.29. The molecule has 4 rings (SSSR count). The number of rotatable bonds is 5. The summed E-state index contributed by atoms with van der Waals surface area (Å²) in [5.74, 6) is 2.46. The first-order chi connectivity index (χ1) is 13.9. The number of ether oxygens (including phenoxy) is 2. The fourth-order valence-electron chi connectivity index (χ4n) is 4.44. The SMILES string of the molecule is Cc1csc(=O)n1CC(=O)N(Cc1ccc2c(c1)OCO2)[C@@H]1CCC[C@H](C)[C@@H]1C. The van der Waals surface area contributed by atoms with E-state index in [-0.39, 0.29) is 30.2 Å². The van der Waals surface area contributed by atoms with Gasteiger partial charge in [0.1, 0.15) is 6.54 Å². The molecule has 0 unspecified atom stereocenters. The van der Waals surface area contributed by atoms with Crippen molar-refractivity contribution in [2.75, 3.05) is 6.79 Å². The molecule has 1 aromatic heterocycles. The lowest BCUT2D eigenvalue weighted by Gasteiger charge is -2.42. The number of hydrogen-bond acceptors (Lipinski definition) is 5. The molecule has 0 spiro atoms. The molecule has 29 heavy (non-hydrogen) atoms. The Labute approximate surface area is 175 Å². The van der Waals surface area contributed by atoms with Crippen LogP contribution < -0.4 is 14.3 Å². The lowest BCUT2D eigenvalue weighted by atomic mass is 9.77. The van der Waals surface area contributed by atoms with Crippen molar-refractivity contribution in [1.82, 2.24) is 9.47 Å². The van der Waals surface area contributed by atoms with Crippen molar-refractivity contribution in [3.63, 3.8) is 0 Å². The molecule has 0 saturated heterocycles. The lowest BCUT2D eigenvalue weighted by Crippen LogP contribution is -2.48. The first-order valence-corrected chi connectivity index (χ1v) is 11.1. The van der Waals surface area contributed by atoms with E-state index in [1.807, 2.05) is 35.4 Å². The van der Waals surface area contributed by atoms with Gasteiger partial charge in [0.2, 0.25) is 12.7 Å². The molecule has 2 heterocycles. The minimum atomic E-state index is -0.0797. The quantitative estimate of drug-likeness (QED) is 0.744. The Kier molecular flexibility index (Phi) is 5.67. The van der Waals surface area contributed by atoms with Gasteiger partial charge < -0.3 is 14.4 Å². The Bertz CT molecular complexity index is 951. The molecule has 1 aliphatic carbocycles. The first kappa shape index (κ1) is 20.0. The smallest absolute Gasteiger partial charge is 0.307 e. The van der Waals surface area contributed by atoms with Crippen LogP contribution in [0.5, 0.6) is 11.5 Å². The van der Waals surface area contributed by atoms with Gasteiger partial charge in [-0.25, -0.2) is 0 Å². The van der Waals surface area contributed by atoms with Gasteiger partial charge in [-0.1, -0.05) is 44.1 Å². The van der Waals surface area contributed by atoms with Gasteiger partial charge in [0.15, 0.2) is 11.5 Å². The number of hydrogen-bond donors (Lipinski definition) is 0. The van der Waals surface area contributed by atoms with E-state index in [1.54, 1.807) is 4.57 Å². The van der Waals surface area contributed by atoms with Crippen molar-refractivity contribution < 1.29 is 14.3 Å². The zero-order chi connectivity index (χ0) is 20.5. The number of aromatic nitrogens is 1. The van der Waals surface area contributed by atoms with E-state index in [1.165, 1.54) is 6.42 Å². The third-order valence-electron chi connectivity index (χ3n) is 6.44. The number of nitrogens with zero attached hydrogens (tertiary/aromatic N) is 2. The summed E-state index contributed by atoms with van der Waals surface area (Å²) < 4.78 is 12.5. The van der Waals surface area contributed by atoms with Crippen molar-refractivity contribution in [3.05, 3.63) is 44.5 Å². The summed E-state index contributed by atoms with van der Waals surface area (Å²) in [5.41, 5.74) is 1.85. The molecule has 2 aliphatic rings. The molecule has 1 fully saturated rings. The molecule has 1 amide bonds. The van der Waals surface area contributed by atoms with Crippen LogP contribution in [0.1, 0.15) is 44.4 Å². The van der Waals surface area contributed by atoms with Crippen molar-refractivity contribution in [2.45, 2.75) is 59.2 Å². The highest BCUT2D eigenvalue weighted by atomic mass is 32.1. The molecule has 1 aliphatic heterocycles. The number of aryl methyl sites for hydroxylation is 1. The van der Waals surface area contributed by atoms with E-state index in [2.05, 4.69) is 13.8 Å². The molecular formula is C22H28N2O4S. The number of benzene rings is 1. The normalized spacial score (nSPS) is 23.2. The van der Waals surface area contributed by atoms with Crippen molar-refractivity contribution in [1.29, 1.82) is 0 Å². The Morgan fingerprint density at radius 2 is 2.03 bits per heavy atom. The molecule has 1 aromatic carbocycles. The monoisotopic (exact) mass is 416 g/mol. The maximum Gasteiger partial charge on any atom is 0.307 e. The Balaban J connectivity index is 1.61. The van der Waals surface area contributed by atoms with Crippen LogP contribution in [0.2, 0.25) is 0 Å². The maximum absolute atomic E-state index is 13.4. The summed E-state index contributed by atoms with van der Waals surface area (Å²) in [6.07, 6.45) is 3.32. The minimum absolute atomic E-state index is 0.00258. The number of amides is 1. The summed E-state index contributed by atoms with van der Waals surface area (Å²) in [7, 11) is 0. The van der Waals surface area contributed by atoms with E-state index >= 15 is 0 Å². The number of carbonyl (C=O) groups excluding carboxylic acids is 1. The molecule has 0 N–H and O–H groups in total. The number of carbonyl (C=O) groups is 1. The second kappa shape index (κ2) is 8.22. The molecule has 0 bridgehead atoms. The van der Waals surface area contributed by atoms with Gasteiger partial charge in [-0.15, -0.1) is 0 Å². The van der Waals surface area contributed by atoms with Gasteiger partial charge in [-0.05, 0) is 42.9 Å². The van der Waals surface area contributed by atoms with Crippen LogP contribution in [0.3, 0.4) is 0 Å². The summed E-state index contributed by atoms with van der Waals surface area (Å²) >= 11 is 1.14. The van der Waals surface area contributed by atoms with E-state index in [0.717, 1.165) is 46.9 Å². The standard InChI is InChI=1S/C22H28N2O4S/c1-14-5-4-6-18(16(14)3)24(21(25)11-23-15(2)12-29-22(23)26)10-17-7-8-19-20(9-17)28-13-27-19/h7-9,12,14,16,18H,4-6,10-11,13H2,1-3H3/t14-,16-,18+/m0/s1. The lowest BCUT2D eigenvalue weighted by molar-refractivity contribution is -0.137. The second-order valence-electron chi connectivity index (χ2n) is 8.27. The predicted octanol–water partition coefficient (Wildman–Crippen LogP) is 3.80. The number of fused-ring (bicyclic) bond motifs is 1. The third-order valence-corrected chi connectivity index (χ3v) is 7.33. The summed E-state index contributed by atoms with van der Waals surface area (Å²) in [6.45, 7) is 7.23. The van der Waals surface area contributed by atoms with Gasteiger partial charge in [-0.2, -0.15) is 0 Å². The Morgan fingerprint density at radius 3 is 2.79 bits per heavy atom. The highest BCUT2D eigenvalue weighted by Gasteiger charge is 2.34. The Morgan fingerprint density at radius 1 is 1.24 bits per heavy atom. The summed E-state index contributed by atoms with van der Waals surface area (Å²) in [4.78, 5) is 27.5. The van der Waals surface area contributed by atoms with Gasteiger partial charge in [0.25, 0.3) is 0 Å².